The standard InChI is InChI=1S/C9H12Cl2N2O/c1-6(13-12)5-14-9-4-7(10)2-3-8(9)11/h2-4,6,13H,5,12H2,1H3. The van der Waals surface area contributed by atoms with Crippen LogP contribution in [0, 0.1) is 0 Å². The molecule has 0 fully saturated rings. The second kappa shape index (κ2) is 5.41. The lowest BCUT2D eigenvalue weighted by Crippen LogP contribution is -2.36. The highest BCUT2D eigenvalue weighted by Gasteiger charge is 2.04. The van der Waals surface area contributed by atoms with Gasteiger partial charge in [-0.1, -0.05) is 23.2 Å². The molecule has 0 amide bonds. The Morgan fingerprint density at radius 1 is 1.50 bits per heavy atom. The normalized spacial score (nSPS) is 12.6. The molecular weight excluding hydrogens is 223 g/mol. The van der Waals surface area contributed by atoms with Gasteiger partial charge in [-0.15, -0.1) is 0 Å². The van der Waals surface area contributed by atoms with E-state index in [1.807, 2.05) is 6.92 Å². The van der Waals surface area contributed by atoms with Crippen LogP contribution in [0.15, 0.2) is 18.2 Å². The predicted octanol–water partition coefficient (Wildman–Crippen LogP) is 2.22. The lowest BCUT2D eigenvalue weighted by molar-refractivity contribution is 0.275. The smallest absolute Gasteiger partial charge is 0.139 e. The molecule has 3 N–H and O–H groups in total. The van der Waals surface area contributed by atoms with E-state index >= 15 is 0 Å². The molecule has 0 bridgehead atoms. The number of ether oxygens (including phenoxy) is 1. The summed E-state index contributed by atoms with van der Waals surface area (Å²) in [6.45, 7) is 2.34. The van der Waals surface area contributed by atoms with Crippen molar-refractivity contribution in [2.45, 2.75) is 13.0 Å². The van der Waals surface area contributed by atoms with Crippen LogP contribution >= 0.6 is 23.2 Å². The first-order chi connectivity index (χ1) is 6.63. The lowest BCUT2D eigenvalue weighted by atomic mass is 10.3. The summed E-state index contributed by atoms with van der Waals surface area (Å²) in [5.74, 6) is 5.79. The monoisotopic (exact) mass is 234 g/mol. The number of hydrogen-bond acceptors (Lipinski definition) is 3. The van der Waals surface area contributed by atoms with Crippen LogP contribution < -0.4 is 16.0 Å². The third-order valence-electron chi connectivity index (χ3n) is 1.67. The maximum Gasteiger partial charge on any atom is 0.139 e. The fraction of sp³-hybridized carbons (Fsp3) is 0.333. The summed E-state index contributed by atoms with van der Waals surface area (Å²) in [5.41, 5.74) is 2.57. The van der Waals surface area contributed by atoms with E-state index in [1.165, 1.54) is 0 Å². The van der Waals surface area contributed by atoms with Gasteiger partial charge in [-0.25, -0.2) is 0 Å². The van der Waals surface area contributed by atoms with Crippen molar-refractivity contribution < 1.29 is 4.74 Å². The molecule has 0 radical (unpaired) electrons. The summed E-state index contributed by atoms with van der Waals surface area (Å²) in [7, 11) is 0. The minimum absolute atomic E-state index is 0.0602. The van der Waals surface area contributed by atoms with Crippen LogP contribution in [-0.2, 0) is 0 Å². The molecule has 0 aromatic heterocycles. The number of nitrogens with two attached hydrogens (primary N) is 1. The average molecular weight is 235 g/mol. The minimum Gasteiger partial charge on any atom is -0.490 e. The van der Waals surface area contributed by atoms with Crippen LogP contribution in [-0.4, -0.2) is 12.6 Å². The highest BCUT2D eigenvalue weighted by Crippen LogP contribution is 2.27. The molecule has 0 spiro atoms. The van der Waals surface area contributed by atoms with Gasteiger partial charge in [0.1, 0.15) is 12.4 Å². The molecule has 1 aromatic rings. The molecule has 78 valence electrons. The second-order valence-corrected chi connectivity index (χ2v) is 3.80. The van der Waals surface area contributed by atoms with Crippen molar-refractivity contribution >= 4 is 23.2 Å². The topological polar surface area (TPSA) is 47.3 Å². The van der Waals surface area contributed by atoms with Crippen molar-refractivity contribution in [3.05, 3.63) is 28.2 Å². The Bertz CT molecular complexity index is 307. The summed E-state index contributed by atoms with van der Waals surface area (Å²) >= 11 is 11.7. The van der Waals surface area contributed by atoms with Gasteiger partial charge in [0.05, 0.1) is 11.1 Å². The van der Waals surface area contributed by atoms with Crippen molar-refractivity contribution in [2.24, 2.45) is 5.84 Å². The van der Waals surface area contributed by atoms with E-state index < -0.39 is 0 Å². The molecular formula is C9H12Cl2N2O. The fourth-order valence-corrected chi connectivity index (χ4v) is 1.18. The summed E-state index contributed by atoms with van der Waals surface area (Å²) in [5, 5.41) is 1.14. The third kappa shape index (κ3) is 3.35. The number of hydrogen-bond donors (Lipinski definition) is 2. The van der Waals surface area contributed by atoms with Gasteiger partial charge in [0.25, 0.3) is 0 Å². The zero-order valence-corrected chi connectivity index (χ0v) is 9.27. The number of nitrogens with one attached hydrogen (secondary N) is 1. The molecule has 1 aromatic carbocycles. The molecule has 0 saturated carbocycles. The Morgan fingerprint density at radius 3 is 2.86 bits per heavy atom. The number of hydrazine groups is 1. The van der Waals surface area contributed by atoms with E-state index in [4.69, 9.17) is 33.8 Å². The first kappa shape index (κ1) is 11.6. The van der Waals surface area contributed by atoms with Crippen LogP contribution in [0.5, 0.6) is 5.75 Å². The van der Waals surface area contributed by atoms with Crippen molar-refractivity contribution in [1.29, 1.82) is 0 Å². The Kier molecular flexibility index (Phi) is 4.48. The summed E-state index contributed by atoms with van der Waals surface area (Å²) in [4.78, 5) is 0. The van der Waals surface area contributed by atoms with Gasteiger partial charge < -0.3 is 4.74 Å². The molecule has 0 aliphatic carbocycles. The van der Waals surface area contributed by atoms with Crippen LogP contribution in [0.3, 0.4) is 0 Å². The lowest BCUT2D eigenvalue weighted by Gasteiger charge is -2.12. The van der Waals surface area contributed by atoms with Crippen molar-refractivity contribution in [2.75, 3.05) is 6.61 Å². The maximum absolute atomic E-state index is 5.89. The van der Waals surface area contributed by atoms with Crippen LogP contribution in [0.4, 0.5) is 0 Å². The van der Waals surface area contributed by atoms with E-state index in [0.29, 0.717) is 22.4 Å². The maximum atomic E-state index is 5.89. The molecule has 5 heteroatoms. The van der Waals surface area contributed by atoms with E-state index in [0.717, 1.165) is 0 Å². The molecule has 0 saturated heterocycles. The first-order valence-corrected chi connectivity index (χ1v) is 4.93. The van der Waals surface area contributed by atoms with E-state index in [1.54, 1.807) is 18.2 Å². The Labute approximate surface area is 93.1 Å². The van der Waals surface area contributed by atoms with Gasteiger partial charge in [0, 0.05) is 11.1 Å². The predicted molar refractivity (Wildman–Crippen MR) is 58.7 cm³/mol. The van der Waals surface area contributed by atoms with Gasteiger partial charge >= 0.3 is 0 Å². The molecule has 3 nitrogen and oxygen atoms in total. The summed E-state index contributed by atoms with van der Waals surface area (Å²) < 4.78 is 5.41. The van der Waals surface area contributed by atoms with Gasteiger partial charge in [-0.2, -0.15) is 0 Å². The molecule has 1 rings (SSSR count). The molecule has 0 heterocycles. The van der Waals surface area contributed by atoms with Crippen molar-refractivity contribution in [1.82, 2.24) is 5.43 Å². The van der Waals surface area contributed by atoms with Gasteiger partial charge in [-0.05, 0) is 19.1 Å². The third-order valence-corrected chi connectivity index (χ3v) is 2.21. The van der Waals surface area contributed by atoms with E-state index in [2.05, 4.69) is 5.43 Å². The Hall–Kier alpha value is -0.480. The molecule has 1 unspecified atom stereocenters. The number of benzene rings is 1. The summed E-state index contributed by atoms with van der Waals surface area (Å²) in [6, 6.07) is 5.14. The van der Waals surface area contributed by atoms with Crippen molar-refractivity contribution in [3.63, 3.8) is 0 Å². The number of halogens is 2. The zero-order chi connectivity index (χ0) is 10.6. The Morgan fingerprint density at radius 2 is 2.21 bits per heavy atom. The van der Waals surface area contributed by atoms with E-state index in [-0.39, 0.29) is 6.04 Å². The van der Waals surface area contributed by atoms with Crippen LogP contribution in [0.25, 0.3) is 0 Å². The summed E-state index contributed by atoms with van der Waals surface area (Å²) in [6.07, 6.45) is 0. The van der Waals surface area contributed by atoms with Crippen LogP contribution in [0.1, 0.15) is 6.92 Å². The van der Waals surface area contributed by atoms with Gasteiger partial charge in [-0.3, -0.25) is 11.3 Å². The molecule has 14 heavy (non-hydrogen) atoms. The number of rotatable bonds is 4. The van der Waals surface area contributed by atoms with E-state index in [9.17, 15) is 0 Å². The largest absolute Gasteiger partial charge is 0.490 e. The molecule has 0 aliphatic heterocycles. The first-order valence-electron chi connectivity index (χ1n) is 4.17. The quantitative estimate of drug-likeness (QED) is 0.621. The molecule has 1 atom stereocenters. The van der Waals surface area contributed by atoms with Crippen LogP contribution in [0.2, 0.25) is 10.0 Å². The highest BCUT2D eigenvalue weighted by atomic mass is 35.5. The highest BCUT2D eigenvalue weighted by molar-refractivity contribution is 6.34. The zero-order valence-electron chi connectivity index (χ0n) is 7.76. The molecule has 0 aliphatic rings. The fourth-order valence-electron chi connectivity index (χ4n) is 0.851. The average Bonchev–Trinajstić information content (AvgIpc) is 2.19. The van der Waals surface area contributed by atoms with Gasteiger partial charge in [0.15, 0.2) is 0 Å². The Balaban J connectivity index is 2.62. The minimum atomic E-state index is 0.0602. The van der Waals surface area contributed by atoms with Gasteiger partial charge in [0.2, 0.25) is 0 Å². The van der Waals surface area contributed by atoms with Crippen molar-refractivity contribution in [3.8, 4) is 5.75 Å². The second-order valence-electron chi connectivity index (χ2n) is 2.95. The SMILES string of the molecule is CC(COc1cc(Cl)ccc1Cl)NN.